The quantitative estimate of drug-likeness (QED) is 0.415. The van der Waals surface area contributed by atoms with Crippen molar-refractivity contribution in [2.24, 2.45) is 0 Å². The molecule has 0 amide bonds. The Morgan fingerprint density at radius 1 is 1.47 bits per heavy atom. The summed E-state index contributed by atoms with van der Waals surface area (Å²) in [6, 6.07) is 0. The van der Waals surface area contributed by atoms with Crippen LogP contribution in [0.2, 0.25) is 0 Å². The van der Waals surface area contributed by atoms with E-state index < -0.39 is 0 Å². The first-order valence-corrected chi connectivity index (χ1v) is 11.1. The first-order valence-electron chi connectivity index (χ1n) is 6.82. The molecule has 0 aromatic heterocycles. The van der Waals surface area contributed by atoms with Crippen LogP contribution in [0.4, 0.5) is 0 Å². The molecule has 1 fully saturated rings. The van der Waals surface area contributed by atoms with E-state index in [1.807, 2.05) is 0 Å². The monoisotopic (exact) mass is 336 g/mol. The van der Waals surface area contributed by atoms with Gasteiger partial charge in [0.15, 0.2) is 0 Å². The molecule has 0 spiro atoms. The van der Waals surface area contributed by atoms with Gasteiger partial charge in [-0.05, 0) is 37.5 Å². The van der Waals surface area contributed by atoms with Crippen LogP contribution < -0.4 is 0 Å². The van der Waals surface area contributed by atoms with Crippen LogP contribution in [-0.4, -0.2) is 38.0 Å². The second-order valence-corrected chi connectivity index (χ2v) is 9.94. The van der Waals surface area contributed by atoms with E-state index in [1.54, 1.807) is 0 Å². The minimum absolute atomic E-state index is 0.104. The average molecular weight is 337 g/mol. The molecule has 5 heteroatoms. The highest BCUT2D eigenvalue weighted by atomic mass is 32.2. The number of carbonyl (C=O) groups is 1. The highest BCUT2D eigenvalue weighted by Crippen LogP contribution is 2.32. The normalized spacial score (nSPS) is 20.4. The van der Waals surface area contributed by atoms with Crippen molar-refractivity contribution in [3.05, 3.63) is 12.7 Å². The van der Waals surface area contributed by atoms with Gasteiger partial charge in [-0.15, -0.1) is 23.5 Å². The lowest BCUT2D eigenvalue weighted by Gasteiger charge is -2.11. The van der Waals surface area contributed by atoms with Crippen molar-refractivity contribution in [1.29, 1.82) is 0 Å². The van der Waals surface area contributed by atoms with Crippen LogP contribution in [0.1, 0.15) is 32.6 Å². The molecule has 110 valence electrons. The van der Waals surface area contributed by atoms with Gasteiger partial charge < -0.3 is 0 Å². The van der Waals surface area contributed by atoms with Gasteiger partial charge in [0.2, 0.25) is 5.12 Å². The first kappa shape index (κ1) is 17.9. The molecule has 0 N–H and O–H groups in total. The van der Waals surface area contributed by atoms with Gasteiger partial charge in [0, 0.05) is 27.1 Å². The van der Waals surface area contributed by atoms with E-state index in [0.717, 1.165) is 22.7 Å². The second-order valence-electron chi connectivity index (χ2n) is 4.61. The molecule has 0 aliphatic carbocycles. The molecule has 1 aliphatic rings. The molecular formula is C14H24OS4. The summed E-state index contributed by atoms with van der Waals surface area (Å²) in [5.41, 5.74) is 0. The standard InChI is InChI=1S/C14H24OS4/c1-3-14(15)18-9-4-6-12(2)17-8-5-7-13-10-16-11-19-13/h3,12-13H,1,4-11H2,2H3. The van der Waals surface area contributed by atoms with Gasteiger partial charge in [0.1, 0.15) is 0 Å². The Labute approximate surface area is 134 Å². The molecule has 0 bridgehead atoms. The Morgan fingerprint density at radius 2 is 2.32 bits per heavy atom. The second kappa shape index (κ2) is 11.5. The maximum atomic E-state index is 11.0. The summed E-state index contributed by atoms with van der Waals surface area (Å²) < 4.78 is 0. The predicted molar refractivity (Wildman–Crippen MR) is 96.8 cm³/mol. The third-order valence-electron chi connectivity index (χ3n) is 2.93. The fourth-order valence-electron chi connectivity index (χ4n) is 1.82. The van der Waals surface area contributed by atoms with Crippen LogP contribution in [0.5, 0.6) is 0 Å². The Hall–Kier alpha value is 0.810. The van der Waals surface area contributed by atoms with Crippen molar-refractivity contribution >= 4 is 52.2 Å². The molecule has 1 aliphatic heterocycles. The molecule has 2 unspecified atom stereocenters. The van der Waals surface area contributed by atoms with E-state index in [4.69, 9.17) is 0 Å². The van der Waals surface area contributed by atoms with E-state index in [2.05, 4.69) is 48.8 Å². The van der Waals surface area contributed by atoms with Crippen molar-refractivity contribution in [3.8, 4) is 0 Å². The SMILES string of the molecule is C=CC(=O)SCCCC(C)SCCCC1CSCS1. The van der Waals surface area contributed by atoms with Gasteiger partial charge in [0.05, 0.1) is 0 Å². The van der Waals surface area contributed by atoms with E-state index in [0.29, 0.717) is 0 Å². The van der Waals surface area contributed by atoms with E-state index >= 15 is 0 Å². The molecule has 0 radical (unpaired) electrons. The highest BCUT2D eigenvalue weighted by molar-refractivity contribution is 8.19. The van der Waals surface area contributed by atoms with E-state index in [9.17, 15) is 4.79 Å². The fraction of sp³-hybridized carbons (Fsp3) is 0.786. The first-order chi connectivity index (χ1) is 9.22. The Morgan fingerprint density at radius 3 is 3.00 bits per heavy atom. The van der Waals surface area contributed by atoms with Gasteiger partial charge in [-0.1, -0.05) is 25.3 Å². The molecule has 2 atom stereocenters. The lowest BCUT2D eigenvalue weighted by Crippen LogP contribution is -2.03. The molecule has 0 aromatic carbocycles. The topological polar surface area (TPSA) is 17.1 Å². The third-order valence-corrected chi connectivity index (χ3v) is 8.14. The molecule has 1 nitrogen and oxygen atoms in total. The number of thioether (sulfide) groups is 4. The summed E-state index contributed by atoms with van der Waals surface area (Å²) in [6.07, 6.45) is 6.50. The van der Waals surface area contributed by atoms with Gasteiger partial charge in [-0.2, -0.15) is 11.8 Å². The minimum atomic E-state index is 0.104. The fourth-order valence-corrected chi connectivity index (χ4v) is 6.50. The zero-order valence-corrected chi connectivity index (χ0v) is 14.9. The Balaban J connectivity index is 1.88. The summed E-state index contributed by atoms with van der Waals surface area (Å²) in [6.45, 7) is 5.79. The summed E-state index contributed by atoms with van der Waals surface area (Å²) >= 11 is 7.70. The number of hydrogen-bond donors (Lipinski definition) is 0. The van der Waals surface area contributed by atoms with Crippen molar-refractivity contribution in [2.75, 3.05) is 22.3 Å². The number of hydrogen-bond acceptors (Lipinski definition) is 5. The number of rotatable bonds is 10. The van der Waals surface area contributed by atoms with Crippen LogP contribution >= 0.6 is 47.0 Å². The van der Waals surface area contributed by atoms with Crippen LogP contribution in [0.25, 0.3) is 0 Å². The van der Waals surface area contributed by atoms with Gasteiger partial charge >= 0.3 is 0 Å². The minimum Gasteiger partial charge on any atom is -0.282 e. The van der Waals surface area contributed by atoms with Gasteiger partial charge in [0.25, 0.3) is 0 Å². The van der Waals surface area contributed by atoms with Crippen LogP contribution in [0.15, 0.2) is 12.7 Å². The van der Waals surface area contributed by atoms with Crippen molar-refractivity contribution in [2.45, 2.75) is 43.1 Å². The van der Waals surface area contributed by atoms with Crippen LogP contribution in [0, 0.1) is 0 Å². The van der Waals surface area contributed by atoms with Crippen LogP contribution in [-0.2, 0) is 4.79 Å². The molecular weight excluding hydrogens is 312 g/mol. The zero-order chi connectivity index (χ0) is 13.9. The average Bonchev–Trinajstić information content (AvgIpc) is 2.92. The molecule has 1 heterocycles. The summed E-state index contributed by atoms with van der Waals surface area (Å²) in [7, 11) is 0. The molecule has 19 heavy (non-hydrogen) atoms. The number of carbonyl (C=O) groups excluding carboxylic acids is 1. The largest absolute Gasteiger partial charge is 0.282 e. The van der Waals surface area contributed by atoms with E-state index in [1.165, 1.54) is 53.7 Å². The summed E-state index contributed by atoms with van der Waals surface area (Å²) in [5, 5.41) is 3.05. The lowest BCUT2D eigenvalue weighted by molar-refractivity contribution is -0.107. The summed E-state index contributed by atoms with van der Waals surface area (Å²) in [4.78, 5) is 11.0. The maximum Gasteiger partial charge on any atom is 0.211 e. The smallest absolute Gasteiger partial charge is 0.211 e. The van der Waals surface area contributed by atoms with E-state index in [-0.39, 0.29) is 5.12 Å². The molecule has 1 saturated heterocycles. The molecule has 0 saturated carbocycles. The van der Waals surface area contributed by atoms with Crippen LogP contribution in [0.3, 0.4) is 0 Å². The zero-order valence-electron chi connectivity index (χ0n) is 11.6. The predicted octanol–water partition coefficient (Wildman–Crippen LogP) is 4.92. The maximum absolute atomic E-state index is 11.0. The lowest BCUT2D eigenvalue weighted by atomic mass is 10.3. The Bertz CT molecular complexity index is 264. The molecule has 1 rings (SSSR count). The highest BCUT2D eigenvalue weighted by Gasteiger charge is 2.15. The van der Waals surface area contributed by atoms with Crippen molar-refractivity contribution in [1.82, 2.24) is 0 Å². The van der Waals surface area contributed by atoms with Gasteiger partial charge in [-0.3, -0.25) is 4.79 Å². The molecule has 0 aromatic rings. The third kappa shape index (κ3) is 9.38. The van der Waals surface area contributed by atoms with Crippen molar-refractivity contribution < 1.29 is 4.79 Å². The summed E-state index contributed by atoms with van der Waals surface area (Å²) in [5.74, 6) is 3.59. The Kier molecular flexibility index (Phi) is 10.8. The van der Waals surface area contributed by atoms with Crippen molar-refractivity contribution in [3.63, 3.8) is 0 Å². The van der Waals surface area contributed by atoms with Gasteiger partial charge in [-0.25, -0.2) is 0 Å².